The van der Waals surface area contributed by atoms with E-state index in [0.29, 0.717) is 16.3 Å². The lowest BCUT2D eigenvalue weighted by atomic mass is 10.2. The molecule has 1 amide bonds. The molecule has 6 nitrogen and oxygen atoms in total. The zero-order valence-electron chi connectivity index (χ0n) is 14.2. The number of hydrogen-bond donors (Lipinski definition) is 2. The van der Waals surface area contributed by atoms with E-state index in [1.54, 1.807) is 30.3 Å². The maximum atomic E-state index is 12.3. The number of anilines is 2. The van der Waals surface area contributed by atoms with Gasteiger partial charge in [0.1, 0.15) is 11.8 Å². The molecule has 2 aromatic rings. The van der Waals surface area contributed by atoms with Crippen LogP contribution in [0.15, 0.2) is 42.5 Å². The third kappa shape index (κ3) is 4.45. The normalized spacial score (nSPS) is 14.7. The Labute approximate surface area is 157 Å². The van der Waals surface area contributed by atoms with E-state index in [2.05, 4.69) is 15.1 Å². The summed E-state index contributed by atoms with van der Waals surface area (Å²) in [6.45, 7) is 3.39. The van der Waals surface area contributed by atoms with Crippen LogP contribution in [0.2, 0.25) is 5.02 Å². The van der Waals surface area contributed by atoms with Crippen LogP contribution in [0, 0.1) is 11.3 Å². The van der Waals surface area contributed by atoms with Gasteiger partial charge in [-0.3, -0.25) is 9.69 Å². The summed E-state index contributed by atoms with van der Waals surface area (Å²) in [6.07, 6.45) is 0. The van der Waals surface area contributed by atoms with Crippen molar-refractivity contribution >= 4 is 28.9 Å². The molecule has 0 unspecified atom stereocenters. The van der Waals surface area contributed by atoms with Crippen LogP contribution in [0.3, 0.4) is 0 Å². The van der Waals surface area contributed by atoms with Gasteiger partial charge in [0.05, 0.1) is 17.8 Å². The first kappa shape index (κ1) is 18.1. The first-order chi connectivity index (χ1) is 12.5. The molecule has 0 aliphatic carbocycles. The summed E-state index contributed by atoms with van der Waals surface area (Å²) in [5.41, 5.74) is 1.89. The summed E-state index contributed by atoms with van der Waals surface area (Å²) >= 11 is 5.94. The minimum absolute atomic E-state index is 0.165. The summed E-state index contributed by atoms with van der Waals surface area (Å²) in [5, 5.41) is 21.7. The molecule has 0 spiro atoms. The molecule has 1 aliphatic rings. The molecule has 0 atom stereocenters. The molecule has 3 rings (SSSR count). The van der Waals surface area contributed by atoms with Crippen LogP contribution < -0.4 is 10.2 Å². The number of phenolic OH excluding ortho intramolecular Hbond substituents is 1. The second-order valence-electron chi connectivity index (χ2n) is 6.13. The lowest BCUT2D eigenvalue weighted by molar-refractivity contribution is -0.117. The van der Waals surface area contributed by atoms with Gasteiger partial charge in [-0.2, -0.15) is 5.26 Å². The van der Waals surface area contributed by atoms with Crippen molar-refractivity contribution < 1.29 is 9.90 Å². The van der Waals surface area contributed by atoms with Crippen LogP contribution in [0.25, 0.3) is 0 Å². The van der Waals surface area contributed by atoms with Crippen LogP contribution in [0.5, 0.6) is 5.75 Å². The average molecular weight is 371 g/mol. The monoisotopic (exact) mass is 370 g/mol. The van der Waals surface area contributed by atoms with E-state index in [1.807, 2.05) is 18.2 Å². The molecular weight excluding hydrogens is 352 g/mol. The molecule has 134 valence electrons. The SMILES string of the molecule is N#Cc1ccc(Cl)cc1NC(=O)CN1CCN(c2ccc(O)cc2)CC1. The fourth-order valence-electron chi connectivity index (χ4n) is 2.94. The topological polar surface area (TPSA) is 79.6 Å². The first-order valence-electron chi connectivity index (χ1n) is 8.31. The summed E-state index contributed by atoms with van der Waals surface area (Å²) in [6, 6.07) is 14.0. The number of carbonyl (C=O) groups is 1. The smallest absolute Gasteiger partial charge is 0.238 e. The van der Waals surface area contributed by atoms with Gasteiger partial charge in [-0.05, 0) is 42.5 Å². The van der Waals surface area contributed by atoms with Crippen molar-refractivity contribution in [1.82, 2.24) is 4.90 Å². The Kier molecular flexibility index (Phi) is 5.61. The number of rotatable bonds is 4. The summed E-state index contributed by atoms with van der Waals surface area (Å²) in [7, 11) is 0. The van der Waals surface area contributed by atoms with Gasteiger partial charge in [-0.1, -0.05) is 11.6 Å². The highest BCUT2D eigenvalue weighted by atomic mass is 35.5. The minimum Gasteiger partial charge on any atom is -0.508 e. The average Bonchev–Trinajstić information content (AvgIpc) is 2.63. The predicted molar refractivity (Wildman–Crippen MR) is 102 cm³/mol. The third-order valence-corrected chi connectivity index (χ3v) is 4.57. The second kappa shape index (κ2) is 8.09. The minimum atomic E-state index is -0.165. The lowest BCUT2D eigenvalue weighted by Gasteiger charge is -2.35. The zero-order chi connectivity index (χ0) is 18.5. The molecule has 0 bridgehead atoms. The van der Waals surface area contributed by atoms with E-state index in [9.17, 15) is 9.90 Å². The van der Waals surface area contributed by atoms with E-state index < -0.39 is 0 Å². The van der Waals surface area contributed by atoms with Crippen LogP contribution >= 0.6 is 11.6 Å². The van der Waals surface area contributed by atoms with Crippen molar-refractivity contribution in [2.24, 2.45) is 0 Å². The Morgan fingerprint density at radius 2 is 1.85 bits per heavy atom. The number of piperazine rings is 1. The van der Waals surface area contributed by atoms with Crippen molar-refractivity contribution in [2.75, 3.05) is 42.9 Å². The Morgan fingerprint density at radius 3 is 2.50 bits per heavy atom. The van der Waals surface area contributed by atoms with E-state index in [-0.39, 0.29) is 18.2 Å². The lowest BCUT2D eigenvalue weighted by Crippen LogP contribution is -2.48. The van der Waals surface area contributed by atoms with Gasteiger partial charge in [0.15, 0.2) is 0 Å². The number of aromatic hydroxyl groups is 1. The number of nitrogens with one attached hydrogen (secondary N) is 1. The van der Waals surface area contributed by atoms with Crippen molar-refractivity contribution in [3.05, 3.63) is 53.1 Å². The number of amides is 1. The molecular formula is C19H19ClN4O2. The highest BCUT2D eigenvalue weighted by Gasteiger charge is 2.19. The number of nitrogens with zero attached hydrogens (tertiary/aromatic N) is 3. The molecule has 0 aromatic heterocycles. The highest BCUT2D eigenvalue weighted by molar-refractivity contribution is 6.31. The van der Waals surface area contributed by atoms with Gasteiger partial charge < -0.3 is 15.3 Å². The van der Waals surface area contributed by atoms with Crippen molar-refractivity contribution in [1.29, 1.82) is 5.26 Å². The molecule has 1 fully saturated rings. The highest BCUT2D eigenvalue weighted by Crippen LogP contribution is 2.21. The Morgan fingerprint density at radius 1 is 1.15 bits per heavy atom. The zero-order valence-corrected chi connectivity index (χ0v) is 14.9. The van der Waals surface area contributed by atoms with Crippen LogP contribution in [-0.4, -0.2) is 48.6 Å². The molecule has 1 saturated heterocycles. The quantitative estimate of drug-likeness (QED) is 0.865. The number of carbonyl (C=O) groups excluding carboxylic acids is 1. The molecule has 0 saturated carbocycles. The fourth-order valence-corrected chi connectivity index (χ4v) is 3.11. The van der Waals surface area contributed by atoms with Gasteiger partial charge in [0.2, 0.25) is 5.91 Å². The van der Waals surface area contributed by atoms with E-state index >= 15 is 0 Å². The molecule has 7 heteroatoms. The number of hydrogen-bond acceptors (Lipinski definition) is 5. The van der Waals surface area contributed by atoms with Crippen molar-refractivity contribution in [3.63, 3.8) is 0 Å². The maximum Gasteiger partial charge on any atom is 0.238 e. The number of nitriles is 1. The number of halogens is 1. The van der Waals surface area contributed by atoms with Crippen LogP contribution in [0.1, 0.15) is 5.56 Å². The summed E-state index contributed by atoms with van der Waals surface area (Å²) in [4.78, 5) is 16.6. The van der Waals surface area contributed by atoms with E-state index in [0.717, 1.165) is 31.9 Å². The Hall–Kier alpha value is -2.75. The number of phenols is 1. The third-order valence-electron chi connectivity index (χ3n) is 4.33. The van der Waals surface area contributed by atoms with E-state index in [1.165, 1.54) is 0 Å². The van der Waals surface area contributed by atoms with Crippen molar-refractivity contribution in [3.8, 4) is 11.8 Å². The Balaban J connectivity index is 1.53. The van der Waals surface area contributed by atoms with Crippen molar-refractivity contribution in [2.45, 2.75) is 0 Å². The van der Waals surface area contributed by atoms with Crippen LogP contribution in [-0.2, 0) is 4.79 Å². The van der Waals surface area contributed by atoms with Gasteiger partial charge in [-0.25, -0.2) is 0 Å². The standard InChI is InChI=1S/C19H19ClN4O2/c20-15-2-1-14(12-21)18(11-15)22-19(26)13-23-7-9-24(10-8-23)16-3-5-17(25)6-4-16/h1-6,11,25H,7-10,13H2,(H,22,26). The van der Waals surface area contributed by atoms with Gasteiger partial charge in [0, 0.05) is 36.9 Å². The second-order valence-corrected chi connectivity index (χ2v) is 6.57. The summed E-state index contributed by atoms with van der Waals surface area (Å²) in [5.74, 6) is 0.0867. The van der Waals surface area contributed by atoms with Gasteiger partial charge >= 0.3 is 0 Å². The summed E-state index contributed by atoms with van der Waals surface area (Å²) < 4.78 is 0. The number of benzene rings is 2. The largest absolute Gasteiger partial charge is 0.508 e. The van der Waals surface area contributed by atoms with Gasteiger partial charge in [0.25, 0.3) is 0 Å². The molecule has 1 aliphatic heterocycles. The molecule has 1 heterocycles. The molecule has 2 aromatic carbocycles. The first-order valence-corrected chi connectivity index (χ1v) is 8.69. The fraction of sp³-hybridized carbons (Fsp3) is 0.263. The van der Waals surface area contributed by atoms with Gasteiger partial charge in [-0.15, -0.1) is 0 Å². The molecule has 2 N–H and O–H groups in total. The maximum absolute atomic E-state index is 12.3. The molecule has 26 heavy (non-hydrogen) atoms. The van der Waals surface area contributed by atoms with E-state index in [4.69, 9.17) is 16.9 Å². The Bertz CT molecular complexity index is 824. The molecule has 0 radical (unpaired) electrons. The van der Waals surface area contributed by atoms with Crippen LogP contribution in [0.4, 0.5) is 11.4 Å². The predicted octanol–water partition coefficient (Wildman–Crippen LogP) is 2.68.